The molecule has 1 aromatic heterocycles. The summed E-state index contributed by atoms with van der Waals surface area (Å²) in [6.07, 6.45) is 9.83. The van der Waals surface area contributed by atoms with Gasteiger partial charge in [-0.05, 0) is 18.9 Å². The average Bonchev–Trinajstić information content (AvgIpc) is 3.09. The van der Waals surface area contributed by atoms with Crippen molar-refractivity contribution in [2.24, 2.45) is 0 Å². The normalized spacial score (nSPS) is 15.0. The zero-order valence-electron chi connectivity index (χ0n) is 13.8. The Bertz CT molecular complexity index is 756. The molecule has 25 heavy (non-hydrogen) atoms. The minimum atomic E-state index is -0.481. The van der Waals surface area contributed by atoms with E-state index in [-0.39, 0.29) is 17.3 Å². The molecular formula is C17H20N4O3S. The molecule has 3 rings (SSSR count). The summed E-state index contributed by atoms with van der Waals surface area (Å²) in [5.74, 6) is 0.00979. The summed E-state index contributed by atoms with van der Waals surface area (Å²) >= 11 is 1.39. The quantitative estimate of drug-likeness (QED) is 0.477. The number of rotatable bonds is 6. The topological polar surface area (TPSA) is 90.1 Å². The van der Waals surface area contributed by atoms with E-state index in [1.165, 1.54) is 43.2 Å². The Morgan fingerprint density at radius 3 is 2.92 bits per heavy atom. The fraction of sp³-hybridized carbons (Fsp3) is 0.412. The van der Waals surface area contributed by atoms with Crippen LogP contribution in [0.2, 0.25) is 0 Å². The first-order chi connectivity index (χ1) is 12.1. The predicted octanol–water partition coefficient (Wildman–Crippen LogP) is 4.03. The molecule has 0 aliphatic heterocycles. The number of hydrogen-bond acceptors (Lipinski definition) is 5. The molecule has 1 aromatic carbocycles. The fourth-order valence-corrected chi connectivity index (χ4v) is 3.90. The number of thioether (sulfide) groups is 1. The number of nitro benzene ring substituents is 1. The van der Waals surface area contributed by atoms with Crippen LogP contribution in [-0.2, 0) is 4.79 Å². The van der Waals surface area contributed by atoms with Gasteiger partial charge in [0, 0.05) is 36.3 Å². The number of benzene rings is 1. The number of non-ortho nitro benzene ring substituents is 1. The molecule has 1 heterocycles. The Balaban J connectivity index is 1.57. The number of nitrogens with one attached hydrogen (secondary N) is 1. The number of carbonyl (C=O) groups is 1. The minimum absolute atomic E-state index is 0.0432. The highest BCUT2D eigenvalue weighted by atomic mass is 32.2. The number of hydrogen-bond donors (Lipinski definition) is 1. The highest BCUT2D eigenvalue weighted by Gasteiger charge is 2.18. The molecule has 1 aliphatic carbocycles. The number of aromatic nitrogens is 2. The second kappa shape index (κ2) is 8.15. The third kappa shape index (κ3) is 4.60. The zero-order valence-corrected chi connectivity index (χ0v) is 14.6. The molecule has 0 atom stereocenters. The van der Waals surface area contributed by atoms with Gasteiger partial charge in [-0.3, -0.25) is 14.9 Å². The summed E-state index contributed by atoms with van der Waals surface area (Å²) in [5.41, 5.74) is 0.383. The number of nitro groups is 1. The van der Waals surface area contributed by atoms with E-state index in [1.54, 1.807) is 18.3 Å². The maximum atomic E-state index is 12.1. The first-order valence-electron chi connectivity index (χ1n) is 8.33. The lowest BCUT2D eigenvalue weighted by Crippen LogP contribution is -2.16. The monoisotopic (exact) mass is 360 g/mol. The lowest BCUT2D eigenvalue weighted by atomic mass is 9.95. The van der Waals surface area contributed by atoms with Crippen molar-refractivity contribution in [2.45, 2.75) is 43.3 Å². The lowest BCUT2D eigenvalue weighted by Gasteiger charge is -2.24. The average molecular weight is 360 g/mol. The van der Waals surface area contributed by atoms with Gasteiger partial charge in [-0.25, -0.2) is 4.98 Å². The van der Waals surface area contributed by atoms with Gasteiger partial charge in [0.05, 0.1) is 10.7 Å². The van der Waals surface area contributed by atoms with Crippen LogP contribution < -0.4 is 5.32 Å². The van der Waals surface area contributed by atoms with E-state index < -0.39 is 4.92 Å². The summed E-state index contributed by atoms with van der Waals surface area (Å²) < 4.78 is 2.17. The van der Waals surface area contributed by atoms with Gasteiger partial charge in [-0.2, -0.15) is 0 Å². The van der Waals surface area contributed by atoms with Crippen LogP contribution >= 0.6 is 11.8 Å². The van der Waals surface area contributed by atoms with Gasteiger partial charge in [0.1, 0.15) is 0 Å². The number of carbonyl (C=O) groups excluding carboxylic acids is 1. The van der Waals surface area contributed by atoms with Crippen LogP contribution in [0.25, 0.3) is 0 Å². The van der Waals surface area contributed by atoms with Gasteiger partial charge in [0.15, 0.2) is 5.16 Å². The number of amides is 1. The van der Waals surface area contributed by atoms with Crippen LogP contribution in [0.4, 0.5) is 11.4 Å². The first kappa shape index (κ1) is 17.5. The van der Waals surface area contributed by atoms with Crippen molar-refractivity contribution in [1.29, 1.82) is 0 Å². The molecule has 1 fully saturated rings. The number of imidazole rings is 1. The van der Waals surface area contributed by atoms with Crippen molar-refractivity contribution in [3.05, 3.63) is 46.8 Å². The molecule has 0 unspecified atom stereocenters. The molecule has 1 aliphatic rings. The van der Waals surface area contributed by atoms with E-state index in [0.29, 0.717) is 11.7 Å². The zero-order chi connectivity index (χ0) is 17.6. The van der Waals surface area contributed by atoms with E-state index in [4.69, 9.17) is 0 Å². The Hall–Kier alpha value is -2.35. The molecule has 2 aromatic rings. The number of anilines is 1. The van der Waals surface area contributed by atoms with Crippen molar-refractivity contribution < 1.29 is 9.72 Å². The van der Waals surface area contributed by atoms with Crippen molar-refractivity contribution >= 4 is 29.0 Å². The third-order valence-electron chi connectivity index (χ3n) is 4.27. The van der Waals surface area contributed by atoms with Gasteiger partial charge >= 0.3 is 0 Å². The summed E-state index contributed by atoms with van der Waals surface area (Å²) in [6.45, 7) is 0. The molecule has 0 radical (unpaired) electrons. The minimum Gasteiger partial charge on any atom is -0.325 e. The smallest absolute Gasteiger partial charge is 0.271 e. The van der Waals surface area contributed by atoms with Crippen LogP contribution in [0.1, 0.15) is 38.1 Å². The molecule has 0 spiro atoms. The van der Waals surface area contributed by atoms with Crippen molar-refractivity contribution in [3.8, 4) is 0 Å². The fourth-order valence-electron chi connectivity index (χ4n) is 3.07. The lowest BCUT2D eigenvalue weighted by molar-refractivity contribution is -0.384. The molecule has 0 saturated heterocycles. The van der Waals surface area contributed by atoms with E-state index in [9.17, 15) is 14.9 Å². The summed E-state index contributed by atoms with van der Waals surface area (Å²) in [5, 5.41) is 14.3. The van der Waals surface area contributed by atoms with Crippen LogP contribution in [0.15, 0.2) is 41.8 Å². The van der Waals surface area contributed by atoms with Gasteiger partial charge in [-0.15, -0.1) is 0 Å². The second-order valence-electron chi connectivity index (χ2n) is 6.05. The molecule has 1 saturated carbocycles. The van der Waals surface area contributed by atoms with Crippen LogP contribution in [0.5, 0.6) is 0 Å². The van der Waals surface area contributed by atoms with Crippen LogP contribution in [0.3, 0.4) is 0 Å². The van der Waals surface area contributed by atoms with E-state index in [0.717, 1.165) is 18.0 Å². The molecular weight excluding hydrogens is 340 g/mol. The molecule has 1 amide bonds. The Kier molecular flexibility index (Phi) is 5.70. The van der Waals surface area contributed by atoms with Crippen molar-refractivity contribution in [1.82, 2.24) is 9.55 Å². The van der Waals surface area contributed by atoms with Crippen LogP contribution in [0, 0.1) is 10.1 Å². The molecule has 132 valence electrons. The molecule has 7 nitrogen and oxygen atoms in total. The Morgan fingerprint density at radius 1 is 1.36 bits per heavy atom. The second-order valence-corrected chi connectivity index (χ2v) is 7.00. The maximum absolute atomic E-state index is 12.1. The predicted molar refractivity (Wildman–Crippen MR) is 96.8 cm³/mol. The summed E-state index contributed by atoms with van der Waals surface area (Å²) in [7, 11) is 0. The number of nitrogens with zero attached hydrogens (tertiary/aromatic N) is 3. The van der Waals surface area contributed by atoms with Gasteiger partial charge < -0.3 is 9.88 Å². The maximum Gasteiger partial charge on any atom is 0.271 e. The third-order valence-corrected chi connectivity index (χ3v) is 5.26. The summed E-state index contributed by atoms with van der Waals surface area (Å²) in [4.78, 5) is 26.8. The highest BCUT2D eigenvalue weighted by molar-refractivity contribution is 7.99. The highest BCUT2D eigenvalue weighted by Crippen LogP contribution is 2.31. The first-order valence-corrected chi connectivity index (χ1v) is 9.32. The van der Waals surface area contributed by atoms with Crippen LogP contribution in [-0.4, -0.2) is 26.1 Å². The van der Waals surface area contributed by atoms with Crippen molar-refractivity contribution in [2.75, 3.05) is 11.1 Å². The molecule has 8 heteroatoms. The van der Waals surface area contributed by atoms with E-state index in [2.05, 4.69) is 14.9 Å². The largest absolute Gasteiger partial charge is 0.325 e. The van der Waals surface area contributed by atoms with E-state index in [1.807, 2.05) is 6.20 Å². The van der Waals surface area contributed by atoms with Gasteiger partial charge in [-0.1, -0.05) is 37.1 Å². The Morgan fingerprint density at radius 2 is 2.16 bits per heavy atom. The van der Waals surface area contributed by atoms with Gasteiger partial charge in [0.2, 0.25) is 5.91 Å². The van der Waals surface area contributed by atoms with E-state index >= 15 is 0 Å². The molecule has 0 bridgehead atoms. The SMILES string of the molecule is O=C(CSc1nccn1C1CCCCC1)Nc1cccc([N+](=O)[O-])c1. The van der Waals surface area contributed by atoms with Crippen molar-refractivity contribution in [3.63, 3.8) is 0 Å². The molecule has 1 N–H and O–H groups in total. The Labute approximate surface area is 150 Å². The standard InChI is InChI=1S/C17H20N4O3S/c22-16(19-13-5-4-8-15(11-13)21(23)24)12-25-17-18-9-10-20(17)14-6-2-1-3-7-14/h4-5,8-11,14H,1-3,6-7,12H2,(H,19,22). The van der Waals surface area contributed by atoms with Gasteiger partial charge in [0.25, 0.3) is 5.69 Å². The summed E-state index contributed by atoms with van der Waals surface area (Å²) in [6, 6.07) is 6.41.